The summed E-state index contributed by atoms with van der Waals surface area (Å²) in [5, 5.41) is 5.07. The molecule has 0 spiro atoms. The molecule has 1 aliphatic heterocycles. The Kier molecular flexibility index (Phi) is 3.23. The summed E-state index contributed by atoms with van der Waals surface area (Å²) in [7, 11) is -3.69. The standard InChI is InChI=1S/C12H14N2O3S/c1-2-3-12(15)14-7-6-9-8-10(18(13,16)17)4-5-11(9)14/h2-5,8H,6-7H2,1H3,(H2,13,16,17)/b3-2+. The molecular formula is C12H14N2O3S. The molecule has 0 radical (unpaired) electrons. The Balaban J connectivity index is 2.40. The third-order valence-corrected chi connectivity index (χ3v) is 3.76. The topological polar surface area (TPSA) is 80.5 Å². The van der Waals surface area contributed by atoms with Crippen molar-refractivity contribution in [3.05, 3.63) is 35.9 Å². The van der Waals surface area contributed by atoms with Gasteiger partial charge >= 0.3 is 0 Å². The molecule has 18 heavy (non-hydrogen) atoms. The second-order valence-corrected chi connectivity index (χ2v) is 5.64. The number of anilines is 1. The van der Waals surface area contributed by atoms with Gasteiger partial charge in [0, 0.05) is 12.2 Å². The van der Waals surface area contributed by atoms with Crippen LogP contribution in [0.4, 0.5) is 5.69 Å². The van der Waals surface area contributed by atoms with Crippen molar-refractivity contribution < 1.29 is 13.2 Å². The number of hydrogen-bond acceptors (Lipinski definition) is 3. The van der Waals surface area contributed by atoms with Crippen molar-refractivity contribution in [1.82, 2.24) is 0 Å². The zero-order valence-electron chi connectivity index (χ0n) is 9.96. The van der Waals surface area contributed by atoms with Gasteiger partial charge in [-0.25, -0.2) is 13.6 Å². The van der Waals surface area contributed by atoms with Crippen molar-refractivity contribution in [3.63, 3.8) is 0 Å². The minimum Gasteiger partial charge on any atom is -0.308 e. The highest BCUT2D eigenvalue weighted by molar-refractivity contribution is 7.89. The van der Waals surface area contributed by atoms with E-state index in [-0.39, 0.29) is 10.8 Å². The monoisotopic (exact) mass is 266 g/mol. The van der Waals surface area contributed by atoms with Crippen molar-refractivity contribution in [1.29, 1.82) is 0 Å². The molecule has 0 unspecified atom stereocenters. The Labute approximate surface area is 106 Å². The van der Waals surface area contributed by atoms with E-state index >= 15 is 0 Å². The van der Waals surface area contributed by atoms with Gasteiger partial charge in [0.05, 0.1) is 4.90 Å². The molecule has 1 amide bonds. The number of carbonyl (C=O) groups excluding carboxylic acids is 1. The van der Waals surface area contributed by atoms with Crippen LogP contribution < -0.4 is 10.0 Å². The van der Waals surface area contributed by atoms with E-state index in [1.165, 1.54) is 18.2 Å². The van der Waals surface area contributed by atoms with Crippen molar-refractivity contribution in [2.75, 3.05) is 11.4 Å². The summed E-state index contributed by atoms with van der Waals surface area (Å²) in [4.78, 5) is 13.5. The normalized spacial score (nSPS) is 15.1. The molecule has 2 N–H and O–H groups in total. The number of rotatable bonds is 2. The highest BCUT2D eigenvalue weighted by atomic mass is 32.2. The van der Waals surface area contributed by atoms with Crippen LogP contribution >= 0.6 is 0 Å². The molecule has 0 saturated heterocycles. The van der Waals surface area contributed by atoms with E-state index in [4.69, 9.17) is 5.14 Å². The Morgan fingerprint density at radius 3 is 2.78 bits per heavy atom. The summed E-state index contributed by atoms with van der Waals surface area (Å²) in [6.07, 6.45) is 3.81. The number of hydrogen-bond donors (Lipinski definition) is 1. The number of carbonyl (C=O) groups is 1. The first kappa shape index (κ1) is 12.8. The quantitative estimate of drug-likeness (QED) is 0.804. The lowest BCUT2D eigenvalue weighted by Gasteiger charge is -2.15. The van der Waals surface area contributed by atoms with E-state index in [0.717, 1.165) is 11.3 Å². The van der Waals surface area contributed by atoms with Crippen LogP contribution in [-0.4, -0.2) is 20.9 Å². The van der Waals surface area contributed by atoms with Gasteiger partial charge < -0.3 is 4.90 Å². The van der Waals surface area contributed by atoms with Gasteiger partial charge in [-0.2, -0.15) is 0 Å². The Hall–Kier alpha value is -1.66. The van der Waals surface area contributed by atoms with Gasteiger partial charge in [0.2, 0.25) is 10.0 Å². The lowest BCUT2D eigenvalue weighted by molar-refractivity contribution is -0.114. The average Bonchev–Trinajstić information content (AvgIpc) is 2.70. The smallest absolute Gasteiger partial charge is 0.250 e. The number of nitrogens with two attached hydrogens (primary N) is 1. The molecule has 1 heterocycles. The van der Waals surface area contributed by atoms with Gasteiger partial charge in [-0.3, -0.25) is 4.79 Å². The van der Waals surface area contributed by atoms with Crippen LogP contribution in [0, 0.1) is 0 Å². The molecule has 6 heteroatoms. The molecular weight excluding hydrogens is 252 g/mol. The molecule has 2 rings (SSSR count). The fourth-order valence-corrected chi connectivity index (χ4v) is 2.58. The van der Waals surface area contributed by atoms with E-state index < -0.39 is 10.0 Å². The molecule has 0 atom stereocenters. The van der Waals surface area contributed by atoms with Gasteiger partial charge in [0.25, 0.3) is 5.91 Å². The van der Waals surface area contributed by atoms with Crippen LogP contribution in [0.5, 0.6) is 0 Å². The molecule has 0 aliphatic carbocycles. The maximum atomic E-state index is 11.8. The van der Waals surface area contributed by atoms with Crippen molar-refractivity contribution in [2.45, 2.75) is 18.2 Å². The van der Waals surface area contributed by atoms with Crippen LogP contribution in [0.1, 0.15) is 12.5 Å². The van der Waals surface area contributed by atoms with Gasteiger partial charge in [0.1, 0.15) is 0 Å². The minimum absolute atomic E-state index is 0.0848. The molecule has 1 aromatic carbocycles. The molecule has 0 aromatic heterocycles. The maximum absolute atomic E-state index is 11.8. The fourth-order valence-electron chi connectivity index (χ4n) is 2.02. The van der Waals surface area contributed by atoms with Crippen molar-refractivity contribution >= 4 is 21.6 Å². The number of allylic oxidation sites excluding steroid dienone is 1. The van der Waals surface area contributed by atoms with E-state index in [1.54, 1.807) is 24.0 Å². The summed E-state index contributed by atoms with van der Waals surface area (Å²) >= 11 is 0. The summed E-state index contributed by atoms with van der Waals surface area (Å²) in [6.45, 7) is 2.34. The number of primary sulfonamides is 1. The number of nitrogens with zero attached hydrogens (tertiary/aromatic N) is 1. The number of benzene rings is 1. The second kappa shape index (κ2) is 4.55. The second-order valence-electron chi connectivity index (χ2n) is 4.08. The number of fused-ring (bicyclic) bond motifs is 1. The largest absolute Gasteiger partial charge is 0.308 e. The predicted molar refractivity (Wildman–Crippen MR) is 68.7 cm³/mol. The van der Waals surface area contributed by atoms with Gasteiger partial charge in [-0.05, 0) is 43.2 Å². The Bertz CT molecular complexity index is 620. The highest BCUT2D eigenvalue weighted by Gasteiger charge is 2.24. The summed E-state index contributed by atoms with van der Waals surface area (Å²) < 4.78 is 22.5. The third kappa shape index (κ3) is 2.30. The first-order chi connectivity index (χ1) is 8.43. The average molecular weight is 266 g/mol. The minimum atomic E-state index is -3.69. The molecule has 0 bridgehead atoms. The van der Waals surface area contributed by atoms with Crippen LogP contribution in [0.25, 0.3) is 0 Å². The zero-order chi connectivity index (χ0) is 13.3. The molecule has 1 aromatic rings. The van der Waals surface area contributed by atoms with Crippen LogP contribution in [-0.2, 0) is 21.2 Å². The molecule has 0 fully saturated rings. The first-order valence-electron chi connectivity index (χ1n) is 5.53. The van der Waals surface area contributed by atoms with Gasteiger partial charge in [0.15, 0.2) is 0 Å². The van der Waals surface area contributed by atoms with Crippen molar-refractivity contribution in [2.24, 2.45) is 5.14 Å². The molecule has 1 aliphatic rings. The number of sulfonamides is 1. The van der Waals surface area contributed by atoms with Crippen LogP contribution in [0.15, 0.2) is 35.2 Å². The summed E-state index contributed by atoms with van der Waals surface area (Å²) in [5.41, 5.74) is 1.59. The van der Waals surface area contributed by atoms with E-state index in [9.17, 15) is 13.2 Å². The summed E-state index contributed by atoms with van der Waals surface area (Å²) in [6, 6.07) is 4.59. The predicted octanol–water partition coefficient (Wildman–Crippen LogP) is 0.799. The van der Waals surface area contributed by atoms with E-state index in [0.29, 0.717) is 13.0 Å². The maximum Gasteiger partial charge on any atom is 0.250 e. The molecule has 5 nitrogen and oxygen atoms in total. The van der Waals surface area contributed by atoms with Crippen LogP contribution in [0.2, 0.25) is 0 Å². The number of amides is 1. The lowest BCUT2D eigenvalue weighted by Crippen LogP contribution is -2.26. The SMILES string of the molecule is C/C=C/C(=O)N1CCc2cc(S(N)(=O)=O)ccc21. The van der Waals surface area contributed by atoms with Gasteiger partial charge in [-0.15, -0.1) is 0 Å². The highest BCUT2D eigenvalue weighted by Crippen LogP contribution is 2.30. The first-order valence-corrected chi connectivity index (χ1v) is 7.08. The lowest BCUT2D eigenvalue weighted by atomic mass is 10.2. The van der Waals surface area contributed by atoms with E-state index in [2.05, 4.69) is 0 Å². The molecule has 0 saturated carbocycles. The third-order valence-electron chi connectivity index (χ3n) is 2.85. The molecule has 96 valence electrons. The zero-order valence-corrected chi connectivity index (χ0v) is 10.8. The van der Waals surface area contributed by atoms with Gasteiger partial charge in [-0.1, -0.05) is 6.08 Å². The summed E-state index contributed by atoms with van der Waals surface area (Å²) in [5.74, 6) is -0.0976. The van der Waals surface area contributed by atoms with E-state index in [1.807, 2.05) is 0 Å². The van der Waals surface area contributed by atoms with Crippen molar-refractivity contribution in [3.8, 4) is 0 Å². The Morgan fingerprint density at radius 2 is 2.17 bits per heavy atom. The fraction of sp³-hybridized carbons (Fsp3) is 0.250. The Morgan fingerprint density at radius 1 is 1.44 bits per heavy atom. The van der Waals surface area contributed by atoms with Crippen LogP contribution in [0.3, 0.4) is 0 Å².